The number of aryl methyl sites for hydroxylation is 1. The SMILES string of the molecule is CCCCCCCCCCCCCCCCCC(=O)NCc1cccc[n+]1C. The molecule has 0 atom stereocenters. The Balaban J connectivity index is 1.81. The highest BCUT2D eigenvalue weighted by Crippen LogP contribution is 2.13. The first-order valence-corrected chi connectivity index (χ1v) is 11.9. The van der Waals surface area contributed by atoms with Crippen LogP contribution in [0.25, 0.3) is 0 Å². The molecular weight excluding hydrogens is 344 g/mol. The summed E-state index contributed by atoms with van der Waals surface area (Å²) in [7, 11) is 2.01. The number of amides is 1. The Labute approximate surface area is 174 Å². The van der Waals surface area contributed by atoms with E-state index in [1.807, 2.05) is 36.0 Å². The fourth-order valence-corrected chi connectivity index (χ4v) is 3.68. The van der Waals surface area contributed by atoms with Crippen molar-refractivity contribution in [1.82, 2.24) is 5.32 Å². The lowest BCUT2D eigenvalue weighted by molar-refractivity contribution is -0.679. The number of pyridine rings is 1. The minimum absolute atomic E-state index is 0.179. The second-order valence-corrected chi connectivity index (χ2v) is 8.28. The van der Waals surface area contributed by atoms with E-state index < -0.39 is 0 Å². The second kappa shape index (κ2) is 17.7. The van der Waals surface area contributed by atoms with Crippen molar-refractivity contribution in [2.45, 2.75) is 116 Å². The summed E-state index contributed by atoms with van der Waals surface area (Å²) in [4.78, 5) is 11.9. The lowest BCUT2D eigenvalue weighted by Gasteiger charge is -2.05. The average Bonchev–Trinajstić information content (AvgIpc) is 2.70. The number of aromatic nitrogens is 1. The molecule has 0 fully saturated rings. The fraction of sp³-hybridized carbons (Fsp3) is 0.760. The van der Waals surface area contributed by atoms with Crippen molar-refractivity contribution in [3.8, 4) is 0 Å². The molecule has 0 spiro atoms. The highest BCUT2D eigenvalue weighted by molar-refractivity contribution is 5.75. The molecule has 0 aliphatic carbocycles. The average molecular weight is 390 g/mol. The van der Waals surface area contributed by atoms with Crippen LogP contribution in [0.3, 0.4) is 0 Å². The van der Waals surface area contributed by atoms with Crippen LogP contribution in [0.15, 0.2) is 24.4 Å². The molecule has 3 nitrogen and oxygen atoms in total. The maximum Gasteiger partial charge on any atom is 0.220 e. The summed E-state index contributed by atoms with van der Waals surface area (Å²) in [6.07, 6.45) is 23.0. The standard InChI is InChI=1S/C25H44N2O/c1-3-4-5-6-7-8-9-10-11-12-13-14-15-16-17-21-25(28)26-23-24-20-18-19-22-27(24)2/h18-20,22H,3-17,21,23H2,1-2H3/p+1. The van der Waals surface area contributed by atoms with E-state index in [2.05, 4.69) is 12.2 Å². The maximum atomic E-state index is 11.9. The van der Waals surface area contributed by atoms with E-state index in [4.69, 9.17) is 0 Å². The highest BCUT2D eigenvalue weighted by atomic mass is 16.1. The lowest BCUT2D eigenvalue weighted by Crippen LogP contribution is -2.36. The molecule has 1 heterocycles. The first kappa shape index (κ1) is 24.7. The van der Waals surface area contributed by atoms with Crippen molar-refractivity contribution in [2.24, 2.45) is 7.05 Å². The van der Waals surface area contributed by atoms with Gasteiger partial charge in [-0.2, -0.15) is 0 Å². The minimum Gasteiger partial charge on any atom is -0.346 e. The van der Waals surface area contributed by atoms with Crippen LogP contribution in [0, 0.1) is 0 Å². The molecule has 0 saturated heterocycles. The number of carbonyl (C=O) groups excluding carboxylic acids is 1. The Morgan fingerprint density at radius 1 is 0.786 bits per heavy atom. The van der Waals surface area contributed by atoms with Crippen molar-refractivity contribution in [1.29, 1.82) is 0 Å². The van der Waals surface area contributed by atoms with E-state index in [0.29, 0.717) is 13.0 Å². The van der Waals surface area contributed by atoms with Gasteiger partial charge in [0.2, 0.25) is 5.91 Å². The molecular formula is C25H45N2O+. The third kappa shape index (κ3) is 13.7. The Kier molecular flexibility index (Phi) is 15.6. The van der Waals surface area contributed by atoms with E-state index in [1.165, 1.54) is 89.9 Å². The predicted molar refractivity (Wildman–Crippen MR) is 119 cm³/mol. The normalized spacial score (nSPS) is 10.9. The molecule has 1 aromatic heterocycles. The van der Waals surface area contributed by atoms with Gasteiger partial charge in [0.05, 0.1) is 0 Å². The molecule has 3 heteroatoms. The van der Waals surface area contributed by atoms with E-state index in [0.717, 1.165) is 12.1 Å². The monoisotopic (exact) mass is 389 g/mol. The van der Waals surface area contributed by atoms with Gasteiger partial charge < -0.3 is 5.32 Å². The molecule has 0 bridgehead atoms. The summed E-state index contributed by atoms with van der Waals surface area (Å²) in [5, 5.41) is 3.03. The molecule has 28 heavy (non-hydrogen) atoms. The smallest absolute Gasteiger partial charge is 0.220 e. The number of rotatable bonds is 18. The molecule has 0 radical (unpaired) electrons. The zero-order chi connectivity index (χ0) is 20.3. The topological polar surface area (TPSA) is 33.0 Å². The molecule has 0 aromatic carbocycles. The zero-order valence-electron chi connectivity index (χ0n) is 18.7. The lowest BCUT2D eigenvalue weighted by atomic mass is 10.0. The first-order chi connectivity index (χ1) is 13.7. The van der Waals surface area contributed by atoms with Gasteiger partial charge in [-0.15, -0.1) is 0 Å². The fourth-order valence-electron chi connectivity index (χ4n) is 3.68. The van der Waals surface area contributed by atoms with Gasteiger partial charge in [0.15, 0.2) is 11.9 Å². The molecule has 160 valence electrons. The number of hydrogen-bond acceptors (Lipinski definition) is 1. The summed E-state index contributed by atoms with van der Waals surface area (Å²) in [6.45, 7) is 2.90. The van der Waals surface area contributed by atoms with E-state index in [1.54, 1.807) is 0 Å². The minimum atomic E-state index is 0.179. The van der Waals surface area contributed by atoms with Crippen molar-refractivity contribution >= 4 is 5.91 Å². The Morgan fingerprint density at radius 3 is 1.79 bits per heavy atom. The Morgan fingerprint density at radius 2 is 1.29 bits per heavy atom. The van der Waals surface area contributed by atoms with Crippen molar-refractivity contribution < 1.29 is 9.36 Å². The number of nitrogens with one attached hydrogen (secondary N) is 1. The Bertz CT molecular complexity index is 501. The van der Waals surface area contributed by atoms with Gasteiger partial charge in [-0.1, -0.05) is 103 Å². The number of carbonyl (C=O) groups is 1. The van der Waals surface area contributed by atoms with Gasteiger partial charge in [0.25, 0.3) is 0 Å². The largest absolute Gasteiger partial charge is 0.346 e. The van der Waals surface area contributed by atoms with Crippen LogP contribution in [0.1, 0.15) is 115 Å². The van der Waals surface area contributed by atoms with Crippen molar-refractivity contribution in [3.63, 3.8) is 0 Å². The molecule has 0 unspecified atom stereocenters. The molecule has 0 saturated carbocycles. The van der Waals surface area contributed by atoms with Crippen LogP contribution in [0.4, 0.5) is 0 Å². The van der Waals surface area contributed by atoms with Crippen LogP contribution in [-0.2, 0) is 18.4 Å². The van der Waals surface area contributed by atoms with E-state index >= 15 is 0 Å². The summed E-state index contributed by atoms with van der Waals surface area (Å²) < 4.78 is 2.05. The number of hydrogen-bond donors (Lipinski definition) is 1. The maximum absolute atomic E-state index is 11.9. The summed E-state index contributed by atoms with van der Waals surface area (Å²) in [6, 6.07) is 6.06. The quantitative estimate of drug-likeness (QED) is 0.229. The van der Waals surface area contributed by atoms with E-state index in [9.17, 15) is 4.79 Å². The van der Waals surface area contributed by atoms with E-state index in [-0.39, 0.29) is 5.91 Å². The van der Waals surface area contributed by atoms with Gasteiger partial charge in [-0.25, -0.2) is 4.57 Å². The van der Waals surface area contributed by atoms with Gasteiger partial charge >= 0.3 is 0 Å². The third-order valence-electron chi connectivity index (χ3n) is 5.64. The van der Waals surface area contributed by atoms with Gasteiger partial charge in [0, 0.05) is 18.6 Å². The van der Waals surface area contributed by atoms with Crippen LogP contribution >= 0.6 is 0 Å². The number of nitrogens with zero attached hydrogens (tertiary/aromatic N) is 1. The van der Waals surface area contributed by atoms with Crippen LogP contribution in [-0.4, -0.2) is 5.91 Å². The summed E-state index contributed by atoms with van der Waals surface area (Å²) >= 11 is 0. The number of unbranched alkanes of at least 4 members (excludes halogenated alkanes) is 14. The van der Waals surface area contributed by atoms with Crippen LogP contribution < -0.4 is 9.88 Å². The molecule has 1 aromatic rings. The second-order valence-electron chi connectivity index (χ2n) is 8.28. The summed E-state index contributed by atoms with van der Waals surface area (Å²) in [5.41, 5.74) is 1.13. The van der Waals surface area contributed by atoms with Crippen molar-refractivity contribution in [2.75, 3.05) is 0 Å². The van der Waals surface area contributed by atoms with Gasteiger partial charge in [-0.3, -0.25) is 4.79 Å². The molecule has 1 N–H and O–H groups in total. The van der Waals surface area contributed by atoms with Crippen LogP contribution in [0.2, 0.25) is 0 Å². The zero-order valence-corrected chi connectivity index (χ0v) is 18.7. The van der Waals surface area contributed by atoms with Crippen molar-refractivity contribution in [3.05, 3.63) is 30.1 Å². The van der Waals surface area contributed by atoms with Gasteiger partial charge in [0.1, 0.15) is 13.6 Å². The molecule has 0 aliphatic rings. The first-order valence-electron chi connectivity index (χ1n) is 11.9. The summed E-state index contributed by atoms with van der Waals surface area (Å²) in [5.74, 6) is 0.179. The molecule has 0 aliphatic heterocycles. The highest BCUT2D eigenvalue weighted by Gasteiger charge is 2.07. The molecule has 1 rings (SSSR count). The third-order valence-corrected chi connectivity index (χ3v) is 5.64. The Hall–Kier alpha value is -1.38. The molecule has 1 amide bonds. The van der Waals surface area contributed by atoms with Gasteiger partial charge in [-0.05, 0) is 6.42 Å². The van der Waals surface area contributed by atoms with Crippen LogP contribution in [0.5, 0.6) is 0 Å². The predicted octanol–water partition coefficient (Wildman–Crippen LogP) is 6.39.